The van der Waals surface area contributed by atoms with Crippen LogP contribution in [0.1, 0.15) is 31.1 Å². The van der Waals surface area contributed by atoms with Gasteiger partial charge in [-0.1, -0.05) is 17.2 Å². The van der Waals surface area contributed by atoms with Gasteiger partial charge in [0.2, 0.25) is 0 Å². The summed E-state index contributed by atoms with van der Waals surface area (Å²) in [5.74, 6) is -2.39. The lowest BCUT2D eigenvalue weighted by atomic mass is 10.1. The topological polar surface area (TPSA) is 90.6 Å². The highest BCUT2D eigenvalue weighted by atomic mass is 16.7. The fourth-order valence-corrected chi connectivity index (χ4v) is 1.96. The number of hydroxylamine groups is 2. The molecule has 7 nitrogen and oxygen atoms in total. The Bertz CT molecular complexity index is 736. The average Bonchev–Trinajstić information content (AvgIpc) is 2.73. The maximum Gasteiger partial charge on any atom is 0.370 e. The standard InChI is InChI=1S/C14H8N2O5/c17-12-10-5-1-2-6-11(10)13(18)16(12)21-14(19)9-4-3-7-15(20)8-9/h1-8H. The van der Waals surface area contributed by atoms with E-state index in [1.165, 1.54) is 30.5 Å². The van der Waals surface area contributed by atoms with Crippen LogP contribution in [0.2, 0.25) is 0 Å². The van der Waals surface area contributed by atoms with E-state index in [4.69, 9.17) is 4.84 Å². The Labute approximate surface area is 118 Å². The summed E-state index contributed by atoms with van der Waals surface area (Å²) in [5.41, 5.74) is 0.272. The smallest absolute Gasteiger partial charge is 0.370 e. The Hall–Kier alpha value is -3.22. The minimum absolute atomic E-state index is 0.0657. The first-order valence-electron chi connectivity index (χ1n) is 5.97. The van der Waals surface area contributed by atoms with Crippen molar-refractivity contribution in [1.82, 2.24) is 5.06 Å². The molecular weight excluding hydrogens is 276 g/mol. The quantitative estimate of drug-likeness (QED) is 0.459. The summed E-state index contributed by atoms with van der Waals surface area (Å²) in [4.78, 5) is 40.7. The number of aromatic nitrogens is 1. The van der Waals surface area contributed by atoms with E-state index >= 15 is 0 Å². The van der Waals surface area contributed by atoms with Gasteiger partial charge in [-0.15, -0.1) is 0 Å². The van der Waals surface area contributed by atoms with Crippen LogP contribution in [0.4, 0.5) is 0 Å². The highest BCUT2D eigenvalue weighted by Crippen LogP contribution is 2.23. The molecule has 3 rings (SSSR count). The summed E-state index contributed by atoms with van der Waals surface area (Å²) in [6.45, 7) is 0. The van der Waals surface area contributed by atoms with Crippen LogP contribution in [0.3, 0.4) is 0 Å². The van der Waals surface area contributed by atoms with Gasteiger partial charge in [-0.3, -0.25) is 9.59 Å². The van der Waals surface area contributed by atoms with E-state index < -0.39 is 17.8 Å². The molecule has 1 aromatic carbocycles. The van der Waals surface area contributed by atoms with Gasteiger partial charge in [0, 0.05) is 6.07 Å². The third kappa shape index (κ3) is 2.10. The molecule has 2 amide bonds. The van der Waals surface area contributed by atoms with Gasteiger partial charge in [-0.25, -0.2) is 4.79 Å². The summed E-state index contributed by atoms with van der Waals surface area (Å²) in [6.07, 6.45) is 2.18. The second-order valence-corrected chi connectivity index (χ2v) is 4.28. The zero-order valence-corrected chi connectivity index (χ0v) is 10.6. The SMILES string of the molecule is O=C(ON1C(=O)c2ccccc2C1=O)c1ccc[n+]([O-])c1. The molecule has 7 heteroatoms. The van der Waals surface area contributed by atoms with Crippen molar-refractivity contribution in [3.05, 3.63) is 70.7 Å². The Kier molecular flexibility index (Phi) is 2.87. The second kappa shape index (κ2) is 4.71. The van der Waals surface area contributed by atoms with E-state index in [1.54, 1.807) is 12.1 Å². The minimum atomic E-state index is -0.963. The highest BCUT2D eigenvalue weighted by molar-refractivity contribution is 6.21. The molecule has 0 aliphatic carbocycles. The van der Waals surface area contributed by atoms with Crippen molar-refractivity contribution >= 4 is 17.8 Å². The van der Waals surface area contributed by atoms with Gasteiger partial charge in [0.15, 0.2) is 12.4 Å². The lowest BCUT2D eigenvalue weighted by Crippen LogP contribution is -2.34. The van der Waals surface area contributed by atoms with E-state index in [2.05, 4.69) is 0 Å². The number of benzene rings is 1. The number of nitrogens with zero attached hydrogens (tertiary/aromatic N) is 2. The Morgan fingerprint density at radius 1 is 1.05 bits per heavy atom. The van der Waals surface area contributed by atoms with Gasteiger partial charge < -0.3 is 10.0 Å². The summed E-state index contributed by atoms with van der Waals surface area (Å²) in [7, 11) is 0. The number of rotatable bonds is 2. The molecule has 104 valence electrons. The largest absolute Gasteiger partial charge is 0.619 e. The average molecular weight is 284 g/mol. The summed E-state index contributed by atoms with van der Waals surface area (Å²) in [6, 6.07) is 8.84. The lowest BCUT2D eigenvalue weighted by Gasteiger charge is -2.12. The highest BCUT2D eigenvalue weighted by Gasteiger charge is 2.38. The Morgan fingerprint density at radius 3 is 2.24 bits per heavy atom. The molecule has 0 unspecified atom stereocenters. The molecule has 1 aliphatic heterocycles. The van der Waals surface area contributed by atoms with Crippen LogP contribution in [0.15, 0.2) is 48.8 Å². The van der Waals surface area contributed by atoms with Crippen LogP contribution in [0.25, 0.3) is 0 Å². The first-order valence-corrected chi connectivity index (χ1v) is 5.97. The zero-order chi connectivity index (χ0) is 15.0. The zero-order valence-electron chi connectivity index (χ0n) is 10.6. The fraction of sp³-hybridized carbons (Fsp3) is 0. The molecule has 0 N–H and O–H groups in total. The Balaban J connectivity index is 1.85. The first kappa shape index (κ1) is 12.8. The summed E-state index contributed by atoms with van der Waals surface area (Å²) < 4.78 is 0.416. The first-order chi connectivity index (χ1) is 10.1. The number of carbonyl (C=O) groups is 3. The van der Waals surface area contributed by atoms with E-state index in [9.17, 15) is 19.6 Å². The van der Waals surface area contributed by atoms with Crippen molar-refractivity contribution in [1.29, 1.82) is 0 Å². The molecule has 0 bridgehead atoms. The van der Waals surface area contributed by atoms with E-state index in [-0.39, 0.29) is 16.7 Å². The van der Waals surface area contributed by atoms with Crippen LogP contribution in [-0.2, 0) is 4.84 Å². The van der Waals surface area contributed by atoms with Gasteiger partial charge in [-0.2, -0.15) is 4.73 Å². The van der Waals surface area contributed by atoms with Gasteiger partial charge in [0.05, 0.1) is 11.1 Å². The summed E-state index contributed by atoms with van der Waals surface area (Å²) >= 11 is 0. The molecule has 0 radical (unpaired) electrons. The number of hydrogen-bond acceptors (Lipinski definition) is 5. The number of amides is 2. The normalized spacial score (nSPS) is 13.2. The van der Waals surface area contributed by atoms with Gasteiger partial charge in [0.25, 0.3) is 11.8 Å². The third-order valence-corrected chi connectivity index (χ3v) is 2.94. The Morgan fingerprint density at radius 2 is 1.67 bits per heavy atom. The molecule has 0 atom stereocenters. The van der Waals surface area contributed by atoms with Crippen LogP contribution in [0, 0.1) is 5.21 Å². The maximum atomic E-state index is 12.0. The number of pyridine rings is 1. The molecule has 0 saturated heterocycles. The van der Waals surface area contributed by atoms with Crippen LogP contribution < -0.4 is 4.73 Å². The molecule has 1 aliphatic rings. The third-order valence-electron chi connectivity index (χ3n) is 2.94. The van der Waals surface area contributed by atoms with Crippen molar-refractivity contribution in [3.8, 4) is 0 Å². The van der Waals surface area contributed by atoms with Crippen molar-refractivity contribution in [2.75, 3.05) is 0 Å². The van der Waals surface area contributed by atoms with Crippen molar-refractivity contribution < 1.29 is 24.0 Å². The monoisotopic (exact) mass is 284 g/mol. The maximum absolute atomic E-state index is 12.0. The predicted molar refractivity (Wildman–Crippen MR) is 67.8 cm³/mol. The van der Waals surface area contributed by atoms with Crippen LogP contribution in [-0.4, -0.2) is 22.8 Å². The predicted octanol–water partition coefficient (Wildman–Crippen LogP) is 0.688. The van der Waals surface area contributed by atoms with Crippen LogP contribution in [0.5, 0.6) is 0 Å². The molecule has 1 aromatic heterocycles. The van der Waals surface area contributed by atoms with Gasteiger partial charge in [0.1, 0.15) is 5.56 Å². The van der Waals surface area contributed by atoms with Gasteiger partial charge >= 0.3 is 5.97 Å². The minimum Gasteiger partial charge on any atom is -0.619 e. The summed E-state index contributed by atoms with van der Waals surface area (Å²) in [5, 5.41) is 11.5. The van der Waals surface area contributed by atoms with Crippen molar-refractivity contribution in [2.45, 2.75) is 0 Å². The van der Waals surface area contributed by atoms with Crippen molar-refractivity contribution in [3.63, 3.8) is 0 Å². The molecule has 2 aromatic rings. The van der Waals surface area contributed by atoms with E-state index in [1.807, 2.05) is 0 Å². The number of carbonyl (C=O) groups excluding carboxylic acids is 3. The molecule has 0 saturated carbocycles. The number of imide groups is 1. The molecule has 21 heavy (non-hydrogen) atoms. The number of hydrogen-bond donors (Lipinski definition) is 0. The second-order valence-electron chi connectivity index (χ2n) is 4.28. The molecule has 0 fully saturated rings. The van der Waals surface area contributed by atoms with Crippen LogP contribution >= 0.6 is 0 Å². The lowest BCUT2D eigenvalue weighted by molar-refractivity contribution is -0.605. The number of fused-ring (bicyclic) bond motifs is 1. The van der Waals surface area contributed by atoms with E-state index in [0.717, 1.165) is 6.20 Å². The molecule has 0 spiro atoms. The molecule has 2 heterocycles. The van der Waals surface area contributed by atoms with Crippen molar-refractivity contribution in [2.24, 2.45) is 0 Å². The molecular formula is C14H8N2O5. The fourth-order valence-electron chi connectivity index (χ4n) is 1.96. The van der Waals surface area contributed by atoms with Gasteiger partial charge in [-0.05, 0) is 18.2 Å². The van der Waals surface area contributed by atoms with E-state index in [0.29, 0.717) is 9.79 Å².